The zero-order valence-corrected chi connectivity index (χ0v) is 15.8. The molecule has 0 amide bonds. The number of halogens is 2. The molecule has 3 rings (SSSR count). The molecule has 140 valence electrons. The van der Waals surface area contributed by atoms with Gasteiger partial charge in [0.1, 0.15) is 12.4 Å². The fraction of sp³-hybridized carbons (Fsp3) is 0.429. The standard InChI is InChI=1S/C21H25ClFNO2/c1-25-20-11-16(13-24-17-8-3-2-4-9-17)18(22)12-21(20)26-14-15-7-5-6-10-19(15)23/h5-7,10-12,17,24H,2-4,8-9,13-14H2,1H3. The Morgan fingerprint density at radius 3 is 2.58 bits per heavy atom. The van der Waals surface area contributed by atoms with Gasteiger partial charge in [-0.2, -0.15) is 0 Å². The van der Waals surface area contributed by atoms with Crippen molar-refractivity contribution in [2.24, 2.45) is 0 Å². The predicted octanol–water partition coefficient (Wildman–Crippen LogP) is 5.49. The van der Waals surface area contributed by atoms with Crippen LogP contribution in [0.5, 0.6) is 11.5 Å². The first-order valence-electron chi connectivity index (χ1n) is 9.13. The van der Waals surface area contributed by atoms with Crippen molar-refractivity contribution in [3.63, 3.8) is 0 Å². The molecule has 0 saturated heterocycles. The highest BCUT2D eigenvalue weighted by molar-refractivity contribution is 6.31. The Morgan fingerprint density at radius 1 is 1.08 bits per heavy atom. The van der Waals surface area contributed by atoms with Crippen molar-refractivity contribution in [2.75, 3.05) is 7.11 Å². The average Bonchev–Trinajstić information content (AvgIpc) is 2.67. The minimum absolute atomic E-state index is 0.124. The molecule has 1 aliphatic rings. The van der Waals surface area contributed by atoms with Crippen LogP contribution >= 0.6 is 11.6 Å². The monoisotopic (exact) mass is 377 g/mol. The Kier molecular flexibility index (Phi) is 6.75. The first kappa shape index (κ1) is 19.0. The molecule has 0 radical (unpaired) electrons. The summed E-state index contributed by atoms with van der Waals surface area (Å²) in [5, 5.41) is 4.21. The lowest BCUT2D eigenvalue weighted by Gasteiger charge is -2.23. The summed E-state index contributed by atoms with van der Waals surface area (Å²) < 4.78 is 25.0. The molecular weight excluding hydrogens is 353 g/mol. The topological polar surface area (TPSA) is 30.5 Å². The molecule has 1 fully saturated rings. The third kappa shape index (κ3) is 4.89. The van der Waals surface area contributed by atoms with Crippen molar-refractivity contribution in [3.8, 4) is 11.5 Å². The number of benzene rings is 2. The van der Waals surface area contributed by atoms with Crippen LogP contribution in [0.3, 0.4) is 0 Å². The summed E-state index contributed by atoms with van der Waals surface area (Å²) in [5.41, 5.74) is 1.47. The first-order chi connectivity index (χ1) is 12.7. The average molecular weight is 378 g/mol. The highest BCUT2D eigenvalue weighted by atomic mass is 35.5. The molecule has 3 nitrogen and oxygen atoms in total. The summed E-state index contributed by atoms with van der Waals surface area (Å²) in [6.07, 6.45) is 6.35. The zero-order chi connectivity index (χ0) is 18.4. The maximum Gasteiger partial charge on any atom is 0.163 e. The van der Waals surface area contributed by atoms with Gasteiger partial charge in [-0.05, 0) is 30.5 Å². The number of ether oxygens (including phenoxy) is 2. The Labute approximate surface area is 159 Å². The number of nitrogens with one attached hydrogen (secondary N) is 1. The summed E-state index contributed by atoms with van der Waals surface area (Å²) in [6.45, 7) is 0.826. The quantitative estimate of drug-likeness (QED) is 0.692. The fourth-order valence-electron chi connectivity index (χ4n) is 3.32. The van der Waals surface area contributed by atoms with E-state index in [0.717, 1.165) is 5.56 Å². The maximum absolute atomic E-state index is 13.7. The van der Waals surface area contributed by atoms with Crippen LogP contribution in [-0.4, -0.2) is 13.2 Å². The van der Waals surface area contributed by atoms with Gasteiger partial charge in [0.2, 0.25) is 0 Å². The van der Waals surface area contributed by atoms with Crippen LogP contribution in [0.15, 0.2) is 36.4 Å². The number of hydrogen-bond donors (Lipinski definition) is 1. The molecular formula is C21H25ClFNO2. The van der Waals surface area contributed by atoms with Crippen LogP contribution in [0.4, 0.5) is 4.39 Å². The van der Waals surface area contributed by atoms with E-state index in [9.17, 15) is 4.39 Å². The molecule has 0 aromatic heterocycles. The summed E-state index contributed by atoms with van der Waals surface area (Å²) in [5.74, 6) is 0.833. The lowest BCUT2D eigenvalue weighted by atomic mass is 9.95. The van der Waals surface area contributed by atoms with Gasteiger partial charge in [0.05, 0.1) is 7.11 Å². The van der Waals surface area contributed by atoms with Crippen molar-refractivity contribution >= 4 is 11.6 Å². The predicted molar refractivity (Wildman–Crippen MR) is 102 cm³/mol. The van der Waals surface area contributed by atoms with E-state index in [1.165, 1.54) is 38.2 Å². The van der Waals surface area contributed by atoms with Crippen molar-refractivity contribution in [3.05, 3.63) is 58.4 Å². The smallest absolute Gasteiger partial charge is 0.163 e. The van der Waals surface area contributed by atoms with Gasteiger partial charge in [-0.25, -0.2) is 4.39 Å². The molecule has 0 spiro atoms. The second kappa shape index (κ2) is 9.24. The summed E-state index contributed by atoms with van der Waals surface area (Å²) in [4.78, 5) is 0. The van der Waals surface area contributed by atoms with Crippen LogP contribution in [0.2, 0.25) is 5.02 Å². The molecule has 0 aliphatic heterocycles. The van der Waals surface area contributed by atoms with Crippen LogP contribution < -0.4 is 14.8 Å². The molecule has 1 saturated carbocycles. The molecule has 0 bridgehead atoms. The minimum atomic E-state index is -0.286. The van der Waals surface area contributed by atoms with Gasteiger partial charge < -0.3 is 14.8 Å². The largest absolute Gasteiger partial charge is 0.493 e. The molecule has 0 atom stereocenters. The highest BCUT2D eigenvalue weighted by Gasteiger charge is 2.15. The third-order valence-electron chi connectivity index (χ3n) is 4.86. The molecule has 0 unspecified atom stereocenters. The Bertz CT molecular complexity index is 732. The van der Waals surface area contributed by atoms with Gasteiger partial charge in [-0.15, -0.1) is 0 Å². The second-order valence-electron chi connectivity index (χ2n) is 6.69. The van der Waals surface area contributed by atoms with Crippen LogP contribution in [-0.2, 0) is 13.2 Å². The minimum Gasteiger partial charge on any atom is -0.493 e. The van der Waals surface area contributed by atoms with Gasteiger partial charge >= 0.3 is 0 Å². The molecule has 0 heterocycles. The fourth-order valence-corrected chi connectivity index (χ4v) is 3.54. The molecule has 2 aromatic rings. The van der Waals surface area contributed by atoms with Crippen molar-refractivity contribution in [2.45, 2.75) is 51.3 Å². The van der Waals surface area contributed by atoms with Crippen LogP contribution in [0.1, 0.15) is 43.2 Å². The first-order valence-corrected chi connectivity index (χ1v) is 9.51. The lowest BCUT2D eigenvalue weighted by Crippen LogP contribution is -2.30. The van der Waals surface area contributed by atoms with E-state index in [1.54, 1.807) is 31.4 Å². The van der Waals surface area contributed by atoms with E-state index in [-0.39, 0.29) is 12.4 Å². The Morgan fingerprint density at radius 2 is 1.85 bits per heavy atom. The van der Waals surface area contributed by atoms with E-state index in [2.05, 4.69) is 5.32 Å². The summed E-state index contributed by atoms with van der Waals surface area (Å²) >= 11 is 6.44. The van der Waals surface area contributed by atoms with Gasteiger partial charge in [-0.3, -0.25) is 0 Å². The molecule has 1 aliphatic carbocycles. The van der Waals surface area contributed by atoms with Crippen molar-refractivity contribution in [1.82, 2.24) is 5.32 Å². The van der Waals surface area contributed by atoms with Crippen LogP contribution in [0.25, 0.3) is 0 Å². The van der Waals surface area contributed by atoms with E-state index < -0.39 is 0 Å². The normalized spacial score (nSPS) is 15.0. The van der Waals surface area contributed by atoms with Gasteiger partial charge in [-0.1, -0.05) is 49.1 Å². The SMILES string of the molecule is COc1cc(CNC2CCCCC2)c(Cl)cc1OCc1ccccc1F. The van der Waals surface area contributed by atoms with Crippen LogP contribution in [0, 0.1) is 5.82 Å². The summed E-state index contributed by atoms with van der Waals surface area (Å²) in [7, 11) is 1.59. The van der Waals surface area contributed by atoms with Crippen molar-refractivity contribution < 1.29 is 13.9 Å². The lowest BCUT2D eigenvalue weighted by molar-refractivity contribution is 0.279. The van der Waals surface area contributed by atoms with E-state index in [1.807, 2.05) is 6.07 Å². The summed E-state index contributed by atoms with van der Waals surface area (Å²) in [6, 6.07) is 10.8. The molecule has 26 heavy (non-hydrogen) atoms. The number of hydrogen-bond acceptors (Lipinski definition) is 3. The molecule has 2 aromatic carbocycles. The maximum atomic E-state index is 13.7. The van der Waals surface area contributed by atoms with Crippen molar-refractivity contribution in [1.29, 1.82) is 0 Å². The van der Waals surface area contributed by atoms with E-state index in [0.29, 0.717) is 34.7 Å². The second-order valence-corrected chi connectivity index (χ2v) is 7.10. The van der Waals surface area contributed by atoms with E-state index in [4.69, 9.17) is 21.1 Å². The Hall–Kier alpha value is -1.78. The number of methoxy groups -OCH3 is 1. The highest BCUT2D eigenvalue weighted by Crippen LogP contribution is 2.34. The molecule has 1 N–H and O–H groups in total. The molecule has 5 heteroatoms. The third-order valence-corrected chi connectivity index (χ3v) is 5.21. The van der Waals surface area contributed by atoms with Gasteiger partial charge in [0.15, 0.2) is 11.5 Å². The zero-order valence-electron chi connectivity index (χ0n) is 15.1. The van der Waals surface area contributed by atoms with Gasteiger partial charge in [0.25, 0.3) is 0 Å². The number of rotatable bonds is 7. The van der Waals surface area contributed by atoms with Gasteiger partial charge in [0, 0.05) is 29.2 Å². The Balaban J connectivity index is 1.67. The van der Waals surface area contributed by atoms with E-state index >= 15 is 0 Å².